The molecule has 0 aromatic heterocycles. The van der Waals surface area contributed by atoms with E-state index in [4.69, 9.17) is 0 Å². The van der Waals surface area contributed by atoms with Gasteiger partial charge in [0.25, 0.3) is 5.91 Å². The van der Waals surface area contributed by atoms with Gasteiger partial charge in [-0.05, 0) is 44.0 Å². The van der Waals surface area contributed by atoms with Crippen molar-refractivity contribution in [3.8, 4) is 0 Å². The Morgan fingerprint density at radius 2 is 1.74 bits per heavy atom. The number of nitrogens with one attached hydrogen (secondary N) is 2. The van der Waals surface area contributed by atoms with E-state index in [1.54, 1.807) is 30.3 Å². The van der Waals surface area contributed by atoms with Crippen LogP contribution in [0.1, 0.15) is 43.5 Å². The molecule has 0 radical (unpaired) electrons. The summed E-state index contributed by atoms with van der Waals surface area (Å²) < 4.78 is 39.2. The zero-order valence-corrected chi connectivity index (χ0v) is 18.7. The van der Waals surface area contributed by atoms with Crippen LogP contribution in [0.2, 0.25) is 0 Å². The monoisotopic (exact) mass is 449 g/mol. The number of carbonyl (C=O) groups excluding carboxylic acids is 2. The Balaban J connectivity index is 2.02. The molecule has 0 unspecified atom stereocenters. The summed E-state index contributed by atoms with van der Waals surface area (Å²) in [5.74, 6) is -1.31. The number of benzene rings is 2. The summed E-state index contributed by atoms with van der Waals surface area (Å²) in [7, 11) is -3.72. The van der Waals surface area contributed by atoms with Crippen molar-refractivity contribution in [2.75, 3.05) is 22.4 Å². The third-order valence-electron chi connectivity index (χ3n) is 4.72. The Morgan fingerprint density at radius 1 is 1.10 bits per heavy atom. The molecule has 0 aliphatic rings. The minimum Gasteiger partial charge on any atom is -0.350 e. The first-order valence-corrected chi connectivity index (χ1v) is 11.9. The van der Waals surface area contributed by atoms with Crippen LogP contribution in [0.15, 0.2) is 48.5 Å². The van der Waals surface area contributed by atoms with Crippen LogP contribution in [0.5, 0.6) is 0 Å². The lowest BCUT2D eigenvalue weighted by atomic mass is 10.1. The van der Waals surface area contributed by atoms with Crippen molar-refractivity contribution in [3.05, 3.63) is 59.9 Å². The maximum atomic E-state index is 14.1. The summed E-state index contributed by atoms with van der Waals surface area (Å²) in [6.07, 6.45) is 1.95. The number of hydrogen-bond donors (Lipinski definition) is 2. The summed E-state index contributed by atoms with van der Waals surface area (Å²) in [6, 6.07) is 12.2. The van der Waals surface area contributed by atoms with Gasteiger partial charge < -0.3 is 10.6 Å². The van der Waals surface area contributed by atoms with E-state index in [9.17, 15) is 22.4 Å². The standard InChI is InChI=1S/C22H28FN3O4S/c1-4-16(2)24-22(28)17-10-5-7-12-19(17)25-21(27)14-9-15-26(31(3,29)30)20-13-8-6-11-18(20)23/h5-8,10-13,16H,4,9,14-15H2,1-3H3,(H,24,28)(H,25,27)/t16-/m0/s1. The fourth-order valence-electron chi connectivity index (χ4n) is 2.91. The molecule has 0 saturated carbocycles. The molecule has 7 nitrogen and oxygen atoms in total. The topological polar surface area (TPSA) is 95.6 Å². The number of halogens is 1. The highest BCUT2D eigenvalue weighted by Crippen LogP contribution is 2.22. The van der Waals surface area contributed by atoms with Gasteiger partial charge in [0.05, 0.1) is 23.2 Å². The van der Waals surface area contributed by atoms with Crippen molar-refractivity contribution in [1.82, 2.24) is 5.32 Å². The van der Waals surface area contributed by atoms with E-state index in [1.807, 2.05) is 13.8 Å². The second-order valence-corrected chi connectivity index (χ2v) is 9.17. The fourth-order valence-corrected chi connectivity index (χ4v) is 3.87. The van der Waals surface area contributed by atoms with Crippen LogP contribution in [0.25, 0.3) is 0 Å². The molecule has 31 heavy (non-hydrogen) atoms. The molecule has 0 fully saturated rings. The normalized spacial score (nSPS) is 12.1. The van der Waals surface area contributed by atoms with Gasteiger partial charge in [0.1, 0.15) is 5.82 Å². The third-order valence-corrected chi connectivity index (χ3v) is 5.90. The molecule has 0 saturated heterocycles. The van der Waals surface area contributed by atoms with Crippen molar-refractivity contribution < 1.29 is 22.4 Å². The number of hydrogen-bond acceptors (Lipinski definition) is 4. The lowest BCUT2D eigenvalue weighted by Crippen LogP contribution is -2.33. The Bertz CT molecular complexity index is 1030. The second-order valence-electron chi connectivity index (χ2n) is 7.27. The Hall–Kier alpha value is -2.94. The van der Waals surface area contributed by atoms with Crippen molar-refractivity contribution in [3.63, 3.8) is 0 Å². The lowest BCUT2D eigenvalue weighted by Gasteiger charge is -2.22. The van der Waals surface area contributed by atoms with Crippen molar-refractivity contribution >= 4 is 33.2 Å². The van der Waals surface area contributed by atoms with E-state index in [2.05, 4.69) is 10.6 Å². The van der Waals surface area contributed by atoms with Gasteiger partial charge in [-0.2, -0.15) is 0 Å². The van der Waals surface area contributed by atoms with Crippen LogP contribution in [-0.2, 0) is 14.8 Å². The maximum Gasteiger partial charge on any atom is 0.253 e. The molecule has 0 bridgehead atoms. The highest BCUT2D eigenvalue weighted by atomic mass is 32.2. The van der Waals surface area contributed by atoms with E-state index < -0.39 is 15.8 Å². The summed E-state index contributed by atoms with van der Waals surface area (Å²) in [5.41, 5.74) is 0.667. The smallest absolute Gasteiger partial charge is 0.253 e. The van der Waals surface area contributed by atoms with Crippen LogP contribution in [0.3, 0.4) is 0 Å². The number of para-hydroxylation sites is 2. The molecule has 2 aromatic rings. The van der Waals surface area contributed by atoms with Gasteiger partial charge in [0, 0.05) is 19.0 Å². The minimum absolute atomic E-state index is 0.00177. The highest BCUT2D eigenvalue weighted by molar-refractivity contribution is 7.92. The fraction of sp³-hybridized carbons (Fsp3) is 0.364. The molecule has 168 valence electrons. The van der Waals surface area contributed by atoms with Crippen LogP contribution in [0, 0.1) is 5.82 Å². The Morgan fingerprint density at radius 3 is 2.39 bits per heavy atom. The number of nitrogens with zero attached hydrogens (tertiary/aromatic N) is 1. The van der Waals surface area contributed by atoms with Crippen LogP contribution < -0.4 is 14.9 Å². The van der Waals surface area contributed by atoms with Gasteiger partial charge >= 0.3 is 0 Å². The molecule has 2 N–H and O–H groups in total. The Kier molecular flexibility index (Phi) is 8.56. The molecule has 0 aliphatic carbocycles. The van der Waals surface area contributed by atoms with E-state index in [-0.39, 0.29) is 42.9 Å². The van der Waals surface area contributed by atoms with E-state index in [1.165, 1.54) is 18.2 Å². The first-order valence-electron chi connectivity index (χ1n) is 10.1. The first-order chi connectivity index (χ1) is 14.6. The second kappa shape index (κ2) is 10.9. The van der Waals surface area contributed by atoms with Crippen LogP contribution in [0.4, 0.5) is 15.8 Å². The third kappa shape index (κ3) is 7.06. The SMILES string of the molecule is CC[C@H](C)NC(=O)c1ccccc1NC(=O)CCCN(c1ccccc1F)S(C)(=O)=O. The number of carbonyl (C=O) groups is 2. The predicted octanol–water partition coefficient (Wildman–Crippen LogP) is 3.54. The van der Waals surface area contributed by atoms with Gasteiger partial charge in [-0.1, -0.05) is 31.2 Å². The summed E-state index contributed by atoms with van der Waals surface area (Å²) in [4.78, 5) is 24.9. The molecule has 0 heterocycles. The average molecular weight is 450 g/mol. The number of rotatable bonds is 10. The average Bonchev–Trinajstić information content (AvgIpc) is 2.71. The number of amides is 2. The lowest BCUT2D eigenvalue weighted by molar-refractivity contribution is -0.116. The zero-order chi connectivity index (χ0) is 23.0. The summed E-state index contributed by atoms with van der Waals surface area (Å²) >= 11 is 0. The minimum atomic E-state index is -3.72. The molecule has 2 amide bonds. The quantitative estimate of drug-likeness (QED) is 0.580. The molecule has 0 aliphatic heterocycles. The van der Waals surface area contributed by atoms with Gasteiger partial charge in [0.2, 0.25) is 15.9 Å². The molecule has 9 heteroatoms. The van der Waals surface area contributed by atoms with E-state index in [0.717, 1.165) is 17.0 Å². The summed E-state index contributed by atoms with van der Waals surface area (Å²) in [6.45, 7) is 3.80. The molecular weight excluding hydrogens is 421 g/mol. The van der Waals surface area contributed by atoms with Crippen molar-refractivity contribution in [2.45, 2.75) is 39.2 Å². The molecule has 0 spiro atoms. The van der Waals surface area contributed by atoms with Crippen molar-refractivity contribution in [1.29, 1.82) is 0 Å². The van der Waals surface area contributed by atoms with Crippen LogP contribution >= 0.6 is 0 Å². The van der Waals surface area contributed by atoms with E-state index in [0.29, 0.717) is 11.3 Å². The van der Waals surface area contributed by atoms with Gasteiger partial charge in [-0.25, -0.2) is 12.8 Å². The van der Waals surface area contributed by atoms with E-state index >= 15 is 0 Å². The number of sulfonamides is 1. The predicted molar refractivity (Wildman–Crippen MR) is 120 cm³/mol. The highest BCUT2D eigenvalue weighted by Gasteiger charge is 2.21. The molecular formula is C22H28FN3O4S. The largest absolute Gasteiger partial charge is 0.350 e. The Labute approximate surface area is 182 Å². The molecule has 2 aromatic carbocycles. The first kappa shape index (κ1) is 24.3. The molecule has 1 atom stereocenters. The molecule has 2 rings (SSSR count). The van der Waals surface area contributed by atoms with Crippen molar-refractivity contribution in [2.24, 2.45) is 0 Å². The van der Waals surface area contributed by atoms with Crippen LogP contribution in [-0.4, -0.2) is 39.1 Å². The van der Waals surface area contributed by atoms with Gasteiger partial charge in [-0.15, -0.1) is 0 Å². The van der Waals surface area contributed by atoms with Gasteiger partial charge in [0.15, 0.2) is 0 Å². The maximum absolute atomic E-state index is 14.1. The summed E-state index contributed by atoms with van der Waals surface area (Å²) in [5, 5.41) is 5.56. The number of anilines is 2. The van der Waals surface area contributed by atoms with Gasteiger partial charge in [-0.3, -0.25) is 13.9 Å². The zero-order valence-electron chi connectivity index (χ0n) is 17.9.